The van der Waals surface area contributed by atoms with Crippen molar-refractivity contribution in [1.82, 2.24) is 14.9 Å². The minimum absolute atomic E-state index is 0.0437. The summed E-state index contributed by atoms with van der Waals surface area (Å²) in [7, 11) is 0. The molecule has 0 aliphatic carbocycles. The van der Waals surface area contributed by atoms with Gasteiger partial charge in [0.05, 0.1) is 13.0 Å². The van der Waals surface area contributed by atoms with E-state index in [2.05, 4.69) is 9.97 Å². The molecule has 118 valence electrons. The van der Waals surface area contributed by atoms with Crippen LogP contribution in [0, 0.1) is 13.8 Å². The number of nitrogens with zero attached hydrogens (tertiary/aromatic N) is 2. The lowest BCUT2D eigenvalue weighted by Crippen LogP contribution is -2.42. The number of aromatic amines is 1. The van der Waals surface area contributed by atoms with Crippen molar-refractivity contribution in [1.29, 1.82) is 0 Å². The maximum absolute atomic E-state index is 12.5. The van der Waals surface area contributed by atoms with Crippen LogP contribution in [0.25, 0.3) is 0 Å². The summed E-state index contributed by atoms with van der Waals surface area (Å²) in [5, 5.41) is 9.18. The highest BCUT2D eigenvalue weighted by Gasteiger charge is 2.22. The molecule has 0 radical (unpaired) electrons. The van der Waals surface area contributed by atoms with E-state index in [1.54, 1.807) is 18.7 Å². The van der Waals surface area contributed by atoms with E-state index in [1.807, 2.05) is 13.8 Å². The minimum atomic E-state index is -0.395. The van der Waals surface area contributed by atoms with Crippen LogP contribution in [0.4, 0.5) is 0 Å². The highest BCUT2D eigenvalue weighted by atomic mass is 16.3. The van der Waals surface area contributed by atoms with E-state index in [-0.39, 0.29) is 25.0 Å². The Hall–Kier alpha value is -1.69. The number of hydrogen-bond acceptors (Lipinski definition) is 4. The van der Waals surface area contributed by atoms with Crippen LogP contribution in [0.1, 0.15) is 43.6 Å². The van der Waals surface area contributed by atoms with Crippen molar-refractivity contribution >= 4 is 5.91 Å². The van der Waals surface area contributed by atoms with Crippen LogP contribution in [0.5, 0.6) is 0 Å². The summed E-state index contributed by atoms with van der Waals surface area (Å²) >= 11 is 0. The van der Waals surface area contributed by atoms with E-state index in [0.717, 1.165) is 18.4 Å². The summed E-state index contributed by atoms with van der Waals surface area (Å²) in [5.74, 6) is -0.0437. The average Bonchev–Trinajstić information content (AvgIpc) is 2.42. The molecule has 0 saturated carbocycles. The molecule has 0 bridgehead atoms. The fourth-order valence-corrected chi connectivity index (χ4v) is 2.62. The number of rotatable bonds is 7. The second kappa shape index (κ2) is 7.93. The van der Waals surface area contributed by atoms with Crippen LogP contribution >= 0.6 is 0 Å². The van der Waals surface area contributed by atoms with Gasteiger partial charge in [-0.05, 0) is 26.7 Å². The van der Waals surface area contributed by atoms with E-state index < -0.39 is 5.69 Å². The van der Waals surface area contributed by atoms with Gasteiger partial charge < -0.3 is 15.0 Å². The number of aliphatic hydroxyl groups is 1. The third kappa shape index (κ3) is 4.39. The molecule has 1 aromatic heterocycles. The molecule has 1 aromatic rings. The topological polar surface area (TPSA) is 86.3 Å². The lowest BCUT2D eigenvalue weighted by atomic mass is 10.1. The number of aromatic nitrogens is 2. The molecule has 0 aliphatic rings. The van der Waals surface area contributed by atoms with Crippen molar-refractivity contribution in [3.63, 3.8) is 0 Å². The van der Waals surface area contributed by atoms with Gasteiger partial charge in [0.25, 0.3) is 0 Å². The zero-order valence-corrected chi connectivity index (χ0v) is 13.3. The van der Waals surface area contributed by atoms with Crippen molar-refractivity contribution < 1.29 is 9.90 Å². The third-order valence-corrected chi connectivity index (χ3v) is 3.83. The van der Waals surface area contributed by atoms with Gasteiger partial charge in [0.15, 0.2) is 0 Å². The summed E-state index contributed by atoms with van der Waals surface area (Å²) in [5.41, 5.74) is 1.62. The predicted molar refractivity (Wildman–Crippen MR) is 81.2 cm³/mol. The molecule has 0 aliphatic heterocycles. The smallest absolute Gasteiger partial charge is 0.345 e. The molecule has 1 amide bonds. The number of aryl methyl sites for hydroxylation is 2. The van der Waals surface area contributed by atoms with Crippen molar-refractivity contribution in [3.8, 4) is 0 Å². The lowest BCUT2D eigenvalue weighted by molar-refractivity contribution is -0.133. The standard InChI is InChI=1S/C15H25N3O3/c1-5-12(6-2)18(7-8-19)14(20)9-13-10(3)16-15(21)17-11(13)4/h12,19H,5-9H2,1-4H3,(H,16,17,21). The SMILES string of the molecule is CCC(CC)N(CCO)C(=O)Cc1c(C)nc(=O)[nH]c1C. The zero-order valence-electron chi connectivity index (χ0n) is 13.3. The van der Waals surface area contributed by atoms with E-state index in [0.29, 0.717) is 17.9 Å². The molecule has 2 N–H and O–H groups in total. The van der Waals surface area contributed by atoms with Crippen LogP contribution in [0.15, 0.2) is 4.79 Å². The van der Waals surface area contributed by atoms with Gasteiger partial charge in [-0.3, -0.25) is 4.79 Å². The van der Waals surface area contributed by atoms with E-state index >= 15 is 0 Å². The number of nitrogens with one attached hydrogen (secondary N) is 1. The second-order valence-corrected chi connectivity index (χ2v) is 5.19. The number of H-pyrrole nitrogens is 1. The first-order chi connectivity index (χ1) is 9.94. The molecule has 1 heterocycles. The van der Waals surface area contributed by atoms with Gasteiger partial charge in [-0.2, -0.15) is 4.98 Å². The van der Waals surface area contributed by atoms with Gasteiger partial charge in [0.1, 0.15) is 0 Å². The molecule has 0 saturated heterocycles. The molecule has 0 atom stereocenters. The Bertz CT molecular complexity index is 509. The Morgan fingerprint density at radius 3 is 2.43 bits per heavy atom. The van der Waals surface area contributed by atoms with Crippen LogP contribution < -0.4 is 5.69 Å². The molecule has 1 rings (SSSR count). The Labute approximate surface area is 125 Å². The summed E-state index contributed by atoms with van der Waals surface area (Å²) in [6.07, 6.45) is 1.89. The maximum atomic E-state index is 12.5. The molecule has 0 spiro atoms. The first kappa shape index (κ1) is 17.4. The zero-order chi connectivity index (χ0) is 16.0. The third-order valence-electron chi connectivity index (χ3n) is 3.83. The average molecular weight is 295 g/mol. The number of amides is 1. The summed E-state index contributed by atoms with van der Waals surface area (Å²) < 4.78 is 0. The quantitative estimate of drug-likeness (QED) is 0.784. The molecular weight excluding hydrogens is 270 g/mol. The molecule has 21 heavy (non-hydrogen) atoms. The van der Waals surface area contributed by atoms with Gasteiger partial charge >= 0.3 is 5.69 Å². The minimum Gasteiger partial charge on any atom is -0.395 e. The number of carbonyl (C=O) groups is 1. The fraction of sp³-hybridized carbons (Fsp3) is 0.667. The van der Waals surface area contributed by atoms with Crippen molar-refractivity contribution in [2.45, 2.75) is 53.0 Å². The van der Waals surface area contributed by atoms with E-state index in [4.69, 9.17) is 0 Å². The highest BCUT2D eigenvalue weighted by Crippen LogP contribution is 2.14. The Morgan fingerprint density at radius 1 is 1.33 bits per heavy atom. The second-order valence-electron chi connectivity index (χ2n) is 5.19. The van der Waals surface area contributed by atoms with Crippen LogP contribution in [-0.4, -0.2) is 45.1 Å². The first-order valence-corrected chi connectivity index (χ1v) is 7.41. The van der Waals surface area contributed by atoms with Crippen molar-refractivity contribution in [2.75, 3.05) is 13.2 Å². The fourth-order valence-electron chi connectivity index (χ4n) is 2.62. The first-order valence-electron chi connectivity index (χ1n) is 7.41. The molecule has 0 unspecified atom stereocenters. The van der Waals surface area contributed by atoms with Crippen molar-refractivity contribution in [3.05, 3.63) is 27.4 Å². The molecular formula is C15H25N3O3. The van der Waals surface area contributed by atoms with Gasteiger partial charge in [-0.25, -0.2) is 4.79 Å². The number of carbonyl (C=O) groups excluding carboxylic acids is 1. The highest BCUT2D eigenvalue weighted by molar-refractivity contribution is 5.79. The molecule has 6 nitrogen and oxygen atoms in total. The Morgan fingerprint density at radius 2 is 1.95 bits per heavy atom. The maximum Gasteiger partial charge on any atom is 0.345 e. The van der Waals surface area contributed by atoms with Crippen molar-refractivity contribution in [2.24, 2.45) is 0 Å². The Kier molecular flexibility index (Phi) is 6.55. The largest absolute Gasteiger partial charge is 0.395 e. The molecule has 6 heteroatoms. The van der Waals surface area contributed by atoms with Crippen LogP contribution in [-0.2, 0) is 11.2 Å². The summed E-state index contributed by atoms with van der Waals surface area (Å²) in [6, 6.07) is 0.126. The molecule has 0 aromatic carbocycles. The summed E-state index contributed by atoms with van der Waals surface area (Å²) in [4.78, 5) is 32.0. The summed E-state index contributed by atoms with van der Waals surface area (Å²) in [6.45, 7) is 7.85. The monoisotopic (exact) mass is 295 g/mol. The molecule has 0 fully saturated rings. The predicted octanol–water partition coefficient (Wildman–Crippen LogP) is 0.939. The number of aliphatic hydroxyl groups excluding tert-OH is 1. The normalized spacial score (nSPS) is 11.0. The van der Waals surface area contributed by atoms with Crippen LogP contribution in [0.2, 0.25) is 0 Å². The van der Waals surface area contributed by atoms with Crippen LogP contribution in [0.3, 0.4) is 0 Å². The van der Waals surface area contributed by atoms with Gasteiger partial charge in [-0.1, -0.05) is 13.8 Å². The Balaban J connectivity index is 2.99. The van der Waals surface area contributed by atoms with Gasteiger partial charge in [-0.15, -0.1) is 0 Å². The van der Waals surface area contributed by atoms with Gasteiger partial charge in [0.2, 0.25) is 5.91 Å². The lowest BCUT2D eigenvalue weighted by Gasteiger charge is -2.30. The van der Waals surface area contributed by atoms with E-state index in [9.17, 15) is 14.7 Å². The van der Waals surface area contributed by atoms with Gasteiger partial charge in [0, 0.05) is 29.5 Å². The van der Waals surface area contributed by atoms with E-state index in [1.165, 1.54) is 0 Å². The number of hydrogen-bond donors (Lipinski definition) is 2.